The second-order valence-electron chi connectivity index (χ2n) is 10.9. The first-order valence-electron chi connectivity index (χ1n) is 13.8. The van der Waals surface area contributed by atoms with Gasteiger partial charge in [-0.25, -0.2) is 8.42 Å². The number of nitrogens with one attached hydrogen (secondary N) is 1. The van der Waals surface area contributed by atoms with E-state index < -0.39 is 32.8 Å². The summed E-state index contributed by atoms with van der Waals surface area (Å²) in [5.74, 6) is -2.31. The fourth-order valence-corrected chi connectivity index (χ4v) is 7.94. The van der Waals surface area contributed by atoms with E-state index in [1.54, 1.807) is 4.90 Å². The van der Waals surface area contributed by atoms with Crippen LogP contribution in [0.4, 0.5) is 0 Å². The molecule has 12 heteroatoms. The lowest BCUT2D eigenvalue weighted by Crippen LogP contribution is -2.48. The Kier molecular flexibility index (Phi) is 8.22. The molecule has 2 atom stereocenters. The summed E-state index contributed by atoms with van der Waals surface area (Å²) >= 11 is 0. The van der Waals surface area contributed by atoms with E-state index in [0.29, 0.717) is 38.4 Å². The Bertz CT molecular complexity index is 1250. The summed E-state index contributed by atoms with van der Waals surface area (Å²) < 4.78 is 32.7. The Balaban J connectivity index is 1.44. The number of morpholine rings is 1. The average Bonchev–Trinajstić information content (AvgIpc) is 3.50. The highest BCUT2D eigenvalue weighted by Gasteiger charge is 2.50. The topological polar surface area (TPSA) is 146 Å². The highest BCUT2D eigenvalue weighted by Crippen LogP contribution is 2.39. The van der Waals surface area contributed by atoms with Gasteiger partial charge in [0.05, 0.1) is 31.2 Å². The molecule has 2 fully saturated rings. The maximum Gasteiger partial charge on any atom is 0.231 e. The summed E-state index contributed by atoms with van der Waals surface area (Å²) in [6.07, 6.45) is 6.98. The van der Waals surface area contributed by atoms with E-state index in [1.165, 1.54) is 18.3 Å². The second kappa shape index (κ2) is 11.6. The van der Waals surface area contributed by atoms with Crippen molar-refractivity contribution in [1.29, 1.82) is 0 Å². The van der Waals surface area contributed by atoms with Crippen molar-refractivity contribution in [3.8, 4) is 5.75 Å². The van der Waals surface area contributed by atoms with Crippen LogP contribution in [-0.2, 0) is 34.7 Å². The van der Waals surface area contributed by atoms with Gasteiger partial charge in [-0.1, -0.05) is 32.1 Å². The molecule has 0 spiro atoms. The third-order valence-corrected chi connectivity index (χ3v) is 10.1. The summed E-state index contributed by atoms with van der Waals surface area (Å²) in [7, 11) is -4.07. The molecule has 0 aromatic carbocycles. The number of ketones is 1. The van der Waals surface area contributed by atoms with Crippen LogP contribution in [0.3, 0.4) is 0 Å². The molecule has 1 aliphatic carbocycles. The number of hydrogen-bond donors (Lipinski definition) is 2. The number of hydrogen-bond acceptors (Lipinski definition) is 9. The van der Waals surface area contributed by atoms with Crippen LogP contribution in [0.2, 0.25) is 0 Å². The van der Waals surface area contributed by atoms with Crippen molar-refractivity contribution in [3.63, 3.8) is 0 Å². The van der Waals surface area contributed by atoms with Crippen LogP contribution in [0.25, 0.3) is 0 Å². The van der Waals surface area contributed by atoms with Crippen molar-refractivity contribution in [2.45, 2.75) is 62.5 Å². The third kappa shape index (κ3) is 5.96. The molecule has 1 aromatic heterocycles. The number of aromatic nitrogens is 1. The molecule has 39 heavy (non-hydrogen) atoms. The lowest BCUT2D eigenvalue weighted by Gasteiger charge is -2.34. The first-order chi connectivity index (χ1) is 18.7. The van der Waals surface area contributed by atoms with E-state index in [9.17, 15) is 27.9 Å². The zero-order chi connectivity index (χ0) is 27.6. The van der Waals surface area contributed by atoms with Gasteiger partial charge in [0.25, 0.3) is 0 Å². The van der Waals surface area contributed by atoms with Crippen molar-refractivity contribution < 1.29 is 32.6 Å². The molecule has 1 aromatic rings. The average molecular weight is 561 g/mol. The normalized spacial score (nSPS) is 23.1. The number of ether oxygens (including phenoxy) is 1. The predicted molar refractivity (Wildman–Crippen MR) is 141 cm³/mol. The molecule has 2 amide bonds. The van der Waals surface area contributed by atoms with E-state index in [0.717, 1.165) is 37.0 Å². The summed E-state index contributed by atoms with van der Waals surface area (Å²) in [6.45, 7) is 1.79. The molecular formula is C27H36N4O7S. The molecule has 0 radical (unpaired) electrons. The molecule has 4 heterocycles. The number of Topliss-reactive ketones (excluding diaryl/α,β-unsaturated/α-hetero) is 1. The summed E-state index contributed by atoms with van der Waals surface area (Å²) in [5.41, 5.74) is 0.506. The molecule has 4 aliphatic rings. The minimum Gasteiger partial charge on any atom is -0.506 e. The fraction of sp³-hybridized carbons (Fsp3) is 0.630. The molecule has 2 unspecified atom stereocenters. The summed E-state index contributed by atoms with van der Waals surface area (Å²) in [5, 5.41) is 11.8. The molecule has 3 aliphatic heterocycles. The Morgan fingerprint density at radius 1 is 1.18 bits per heavy atom. The quantitative estimate of drug-likeness (QED) is 0.483. The molecule has 5 rings (SSSR count). The maximum atomic E-state index is 14.3. The number of nitrogens with zero attached hydrogens (tertiary/aromatic N) is 3. The first-order valence-corrected chi connectivity index (χ1v) is 15.5. The number of amides is 2. The molecule has 0 bridgehead atoms. The predicted octanol–water partition coefficient (Wildman–Crippen LogP) is 1.48. The molecule has 11 nitrogen and oxygen atoms in total. The van der Waals surface area contributed by atoms with Gasteiger partial charge in [-0.15, -0.1) is 0 Å². The van der Waals surface area contributed by atoms with Gasteiger partial charge in [-0.3, -0.25) is 24.3 Å². The summed E-state index contributed by atoms with van der Waals surface area (Å²) in [6, 6.07) is 2.85. The molecule has 212 valence electrons. The van der Waals surface area contributed by atoms with Gasteiger partial charge in [-0.05, 0) is 24.5 Å². The van der Waals surface area contributed by atoms with Gasteiger partial charge in [0, 0.05) is 43.7 Å². The summed E-state index contributed by atoms with van der Waals surface area (Å²) in [4.78, 5) is 47.3. The van der Waals surface area contributed by atoms with Crippen LogP contribution in [-0.4, -0.2) is 84.1 Å². The van der Waals surface area contributed by atoms with E-state index in [-0.39, 0.29) is 54.1 Å². The zero-order valence-corrected chi connectivity index (χ0v) is 22.8. The molecular weight excluding hydrogens is 524 g/mol. The van der Waals surface area contributed by atoms with Gasteiger partial charge in [0.1, 0.15) is 16.8 Å². The van der Waals surface area contributed by atoms with Crippen LogP contribution in [0.1, 0.15) is 57.1 Å². The van der Waals surface area contributed by atoms with Gasteiger partial charge in [-0.2, -0.15) is 0 Å². The lowest BCUT2D eigenvalue weighted by atomic mass is 9.81. The van der Waals surface area contributed by atoms with Gasteiger partial charge < -0.3 is 20.1 Å². The molecule has 2 N–H and O–H groups in total. The maximum absolute atomic E-state index is 14.3. The minimum absolute atomic E-state index is 0.00223. The van der Waals surface area contributed by atoms with Crippen molar-refractivity contribution in [2.75, 3.05) is 32.8 Å². The number of pyridine rings is 1. The Labute approximate surface area is 228 Å². The minimum atomic E-state index is -4.07. The van der Waals surface area contributed by atoms with Crippen LogP contribution in [0.5, 0.6) is 5.75 Å². The van der Waals surface area contributed by atoms with Crippen LogP contribution in [0.15, 0.2) is 29.7 Å². The van der Waals surface area contributed by atoms with Crippen LogP contribution in [0, 0.1) is 11.8 Å². The highest BCUT2D eigenvalue weighted by atomic mass is 32.2. The molecule has 1 saturated heterocycles. The number of carbonyl (C=O) groups excluding carboxylic acids is 3. The SMILES string of the molecule is O=C1CNC2=C1N(C(=O)C(CC(=O)N1CCOCC1)CC1CCCCC1)C(S(=O)(=O)Cc1ncccc1O)C2. The number of rotatable bonds is 8. The first kappa shape index (κ1) is 27.6. The van der Waals surface area contributed by atoms with Crippen molar-refractivity contribution >= 4 is 27.4 Å². The number of carbonyl (C=O) groups is 3. The number of sulfone groups is 1. The van der Waals surface area contributed by atoms with E-state index >= 15 is 0 Å². The highest BCUT2D eigenvalue weighted by molar-refractivity contribution is 7.91. The van der Waals surface area contributed by atoms with Gasteiger partial charge in [0.15, 0.2) is 15.6 Å². The Morgan fingerprint density at radius 2 is 1.92 bits per heavy atom. The standard InChI is InChI=1S/C27H36N4O7S/c32-22-7-4-8-28-21(22)17-39(36,37)25-15-20-26(23(33)16-29-20)31(25)27(35)19(13-18-5-2-1-3-6-18)14-24(34)30-9-11-38-12-10-30/h4,7-8,18-19,25,29,32H,1-3,5-6,9-17H2. The van der Waals surface area contributed by atoms with E-state index in [1.807, 2.05) is 0 Å². The number of aromatic hydroxyl groups is 1. The van der Waals surface area contributed by atoms with Crippen molar-refractivity contribution in [3.05, 3.63) is 35.4 Å². The zero-order valence-electron chi connectivity index (χ0n) is 22.0. The lowest BCUT2D eigenvalue weighted by molar-refractivity contribution is -0.143. The van der Waals surface area contributed by atoms with Gasteiger partial charge in [0.2, 0.25) is 11.8 Å². The Morgan fingerprint density at radius 3 is 2.64 bits per heavy atom. The molecule has 1 saturated carbocycles. The second-order valence-corrected chi connectivity index (χ2v) is 13.0. The van der Waals surface area contributed by atoms with Crippen LogP contribution >= 0.6 is 0 Å². The third-order valence-electron chi connectivity index (χ3n) is 8.25. The van der Waals surface area contributed by atoms with Crippen molar-refractivity contribution in [1.82, 2.24) is 20.1 Å². The monoisotopic (exact) mass is 560 g/mol. The fourth-order valence-electron chi connectivity index (χ4n) is 6.19. The largest absolute Gasteiger partial charge is 0.506 e. The van der Waals surface area contributed by atoms with Gasteiger partial charge >= 0.3 is 0 Å². The smallest absolute Gasteiger partial charge is 0.231 e. The van der Waals surface area contributed by atoms with E-state index in [2.05, 4.69) is 10.3 Å². The van der Waals surface area contributed by atoms with Crippen molar-refractivity contribution in [2.24, 2.45) is 11.8 Å². The Hall–Kier alpha value is -2.99. The van der Waals surface area contributed by atoms with Crippen LogP contribution < -0.4 is 5.32 Å². The van der Waals surface area contributed by atoms with E-state index in [4.69, 9.17) is 4.74 Å².